The van der Waals surface area contributed by atoms with Crippen molar-refractivity contribution in [1.29, 1.82) is 0 Å². The first-order valence-electron chi connectivity index (χ1n) is 4.55. The fourth-order valence-corrected chi connectivity index (χ4v) is 1.33. The van der Waals surface area contributed by atoms with Crippen LogP contribution in [0.3, 0.4) is 0 Å². The second kappa shape index (κ2) is 7.71. The average Bonchev–Trinajstić information content (AvgIpc) is 2.26. The Morgan fingerprint density at radius 1 is 1.19 bits per heavy atom. The predicted molar refractivity (Wildman–Crippen MR) is 64.2 cm³/mol. The van der Waals surface area contributed by atoms with Gasteiger partial charge in [0.2, 0.25) is 0 Å². The molecule has 0 aromatic heterocycles. The second-order valence-corrected chi connectivity index (χ2v) is 3.01. The van der Waals surface area contributed by atoms with E-state index in [0.717, 1.165) is 11.1 Å². The van der Waals surface area contributed by atoms with Crippen molar-refractivity contribution in [3.05, 3.63) is 55.1 Å². The molecule has 0 aliphatic carbocycles. The fourth-order valence-electron chi connectivity index (χ4n) is 1.33. The minimum absolute atomic E-state index is 0. The summed E-state index contributed by atoms with van der Waals surface area (Å²) in [6.07, 6.45) is 1.73. The van der Waals surface area contributed by atoms with Gasteiger partial charge < -0.3 is 21.7 Å². The Labute approximate surface area is 122 Å². The molecule has 2 aromatic carbocycles. The van der Waals surface area contributed by atoms with Crippen LogP contribution >= 0.6 is 0 Å². The Kier molecular flexibility index (Phi) is 7.46. The van der Waals surface area contributed by atoms with Crippen LogP contribution in [0.15, 0.2) is 49.1 Å². The Bertz CT molecular complexity index is 456. The van der Waals surface area contributed by atoms with Crippen LogP contribution in [0.25, 0.3) is 10.8 Å². The van der Waals surface area contributed by atoms with Crippen molar-refractivity contribution in [3.8, 4) is 5.75 Å². The molecule has 1 nitrogen and oxygen atoms in total. The molecule has 0 unspecified atom stereocenters. The molecule has 16 heavy (non-hydrogen) atoms. The number of benzene rings is 2. The number of halogens is 1. The molecule has 0 aliphatic heterocycles. The summed E-state index contributed by atoms with van der Waals surface area (Å²) >= 11 is 0. The molecule has 2 aromatic rings. The summed E-state index contributed by atoms with van der Waals surface area (Å²) in [7, 11) is 0. The maximum absolute atomic E-state index is 5.39. The molecule has 0 fully saturated rings. The number of fused-ring (bicyclic) bond motifs is 1. The average molecular weight is 287 g/mol. The molecule has 2 rings (SSSR count). The summed E-state index contributed by atoms with van der Waals surface area (Å²) in [4.78, 5) is 0. The summed E-state index contributed by atoms with van der Waals surface area (Å²) in [6, 6.07) is 15.2. The van der Waals surface area contributed by atoms with E-state index in [1.807, 2.05) is 30.3 Å². The predicted octanol–water partition coefficient (Wildman–Crippen LogP) is -0.172. The Balaban J connectivity index is 0.00000112. The summed E-state index contributed by atoms with van der Waals surface area (Å²) in [6.45, 7) is 4.12. The first-order chi connectivity index (χ1) is 6.90. The van der Waals surface area contributed by atoms with Crippen molar-refractivity contribution in [3.63, 3.8) is 0 Å². The van der Waals surface area contributed by atoms with Crippen LogP contribution in [0.5, 0.6) is 5.75 Å². The molecule has 0 radical (unpaired) electrons. The van der Waals surface area contributed by atoms with Crippen LogP contribution in [0, 0.1) is 6.07 Å². The number of ether oxygens (including phenoxy) is 1. The largest absolute Gasteiger partial charge is 2.00 e. The standard InChI is InChI=1S/C13H11O.BrH.Mg/c1-2-9-14-13-8-7-11-5-3-4-6-12(11)10-13;;/h2-8H,1,9H2;1H;/q-1;;+2/p-1. The fraction of sp³-hybridized carbons (Fsp3) is 0.0769. The van der Waals surface area contributed by atoms with Crippen molar-refractivity contribution < 1.29 is 21.7 Å². The van der Waals surface area contributed by atoms with Crippen molar-refractivity contribution in [1.82, 2.24) is 0 Å². The normalized spacial score (nSPS) is 8.75. The molecule has 0 heterocycles. The zero-order valence-electron chi connectivity index (χ0n) is 8.95. The molecule has 0 aliphatic rings. The van der Waals surface area contributed by atoms with Crippen molar-refractivity contribution in [2.75, 3.05) is 6.61 Å². The van der Waals surface area contributed by atoms with Gasteiger partial charge in [0, 0.05) is 5.75 Å². The first-order valence-corrected chi connectivity index (χ1v) is 4.55. The summed E-state index contributed by atoms with van der Waals surface area (Å²) < 4.78 is 5.39. The van der Waals surface area contributed by atoms with Gasteiger partial charge in [-0.2, -0.15) is 0 Å². The van der Waals surface area contributed by atoms with Gasteiger partial charge in [-0.1, -0.05) is 30.9 Å². The molecule has 0 atom stereocenters. The van der Waals surface area contributed by atoms with E-state index in [1.165, 1.54) is 5.39 Å². The van der Waals surface area contributed by atoms with E-state index in [4.69, 9.17) is 4.74 Å². The van der Waals surface area contributed by atoms with E-state index in [-0.39, 0.29) is 40.0 Å². The van der Waals surface area contributed by atoms with Crippen LogP contribution in [-0.4, -0.2) is 29.7 Å². The molecule has 0 saturated heterocycles. The maximum Gasteiger partial charge on any atom is 2.00 e. The Hall–Kier alpha value is -0.514. The first kappa shape index (κ1) is 15.5. The van der Waals surface area contributed by atoms with E-state index in [2.05, 4.69) is 18.7 Å². The van der Waals surface area contributed by atoms with Crippen molar-refractivity contribution >= 4 is 33.8 Å². The SMILES string of the molecule is C=CCOc1[c-]c2ccccc2cc1.[Br-].[Mg+2]. The molecule has 0 N–H and O–H groups in total. The van der Waals surface area contributed by atoms with Gasteiger partial charge in [0.05, 0.1) is 0 Å². The molecule has 3 heteroatoms. The monoisotopic (exact) mass is 286 g/mol. The van der Waals surface area contributed by atoms with Crippen LogP contribution in [0.1, 0.15) is 0 Å². The van der Waals surface area contributed by atoms with E-state index in [1.54, 1.807) is 6.08 Å². The van der Waals surface area contributed by atoms with E-state index in [0.29, 0.717) is 6.61 Å². The molecule has 0 amide bonds. The van der Waals surface area contributed by atoms with Gasteiger partial charge in [-0.05, 0) is 0 Å². The second-order valence-electron chi connectivity index (χ2n) is 3.01. The molecular formula is C13H11BrMgO. The van der Waals surface area contributed by atoms with Gasteiger partial charge in [-0.25, -0.2) is 0 Å². The van der Waals surface area contributed by atoms with Gasteiger partial charge in [0.1, 0.15) is 6.61 Å². The summed E-state index contributed by atoms with van der Waals surface area (Å²) in [5, 5.41) is 2.26. The zero-order chi connectivity index (χ0) is 9.80. The Morgan fingerprint density at radius 2 is 1.94 bits per heavy atom. The number of rotatable bonds is 3. The van der Waals surface area contributed by atoms with Gasteiger partial charge in [0.25, 0.3) is 0 Å². The molecule has 0 bridgehead atoms. The van der Waals surface area contributed by atoms with E-state index < -0.39 is 0 Å². The Morgan fingerprint density at radius 3 is 2.69 bits per heavy atom. The van der Waals surface area contributed by atoms with Gasteiger partial charge in [-0.3, -0.25) is 0 Å². The molecule has 78 valence electrons. The van der Waals surface area contributed by atoms with Gasteiger partial charge >= 0.3 is 23.1 Å². The minimum Gasteiger partial charge on any atom is -1.00 e. The van der Waals surface area contributed by atoms with E-state index in [9.17, 15) is 0 Å². The number of hydrogen-bond acceptors (Lipinski definition) is 1. The number of hydrogen-bond donors (Lipinski definition) is 0. The topological polar surface area (TPSA) is 9.23 Å². The molecular weight excluding hydrogens is 276 g/mol. The van der Waals surface area contributed by atoms with Crippen LogP contribution < -0.4 is 21.7 Å². The third-order valence-corrected chi connectivity index (χ3v) is 1.99. The third-order valence-electron chi connectivity index (χ3n) is 1.99. The van der Waals surface area contributed by atoms with Crippen molar-refractivity contribution in [2.45, 2.75) is 0 Å². The molecule has 0 saturated carbocycles. The minimum atomic E-state index is 0. The summed E-state index contributed by atoms with van der Waals surface area (Å²) in [5.41, 5.74) is 0. The quantitative estimate of drug-likeness (QED) is 0.433. The zero-order valence-corrected chi connectivity index (χ0v) is 11.9. The van der Waals surface area contributed by atoms with Crippen LogP contribution in [0.2, 0.25) is 0 Å². The summed E-state index contributed by atoms with van der Waals surface area (Å²) in [5.74, 6) is 0.767. The maximum atomic E-state index is 5.39. The van der Waals surface area contributed by atoms with Gasteiger partial charge in [0.15, 0.2) is 0 Å². The smallest absolute Gasteiger partial charge is 1.00 e. The van der Waals surface area contributed by atoms with Crippen molar-refractivity contribution in [2.24, 2.45) is 0 Å². The van der Waals surface area contributed by atoms with Crippen LogP contribution in [-0.2, 0) is 0 Å². The third kappa shape index (κ3) is 3.81. The van der Waals surface area contributed by atoms with Gasteiger partial charge in [-0.15, -0.1) is 35.0 Å². The molecule has 0 spiro atoms. The van der Waals surface area contributed by atoms with Crippen LogP contribution in [0.4, 0.5) is 0 Å². The van der Waals surface area contributed by atoms with E-state index >= 15 is 0 Å².